The Balaban J connectivity index is 2.05. The lowest BCUT2D eigenvalue weighted by molar-refractivity contribution is 0.0697. The van der Waals surface area contributed by atoms with E-state index in [0.29, 0.717) is 18.0 Å². The number of nitrogens with one attached hydrogen (secondary N) is 1. The van der Waals surface area contributed by atoms with Crippen LogP contribution < -0.4 is 10.1 Å². The standard InChI is InChI=1S/C17H19FN2O3/c1-20(2)9-10-23-14-6-4-13(5-7-14)19-16-8-3-12(18)11-15(16)17(21)22/h3-8,11,19H,9-10H2,1-2H3,(H,21,22). The molecule has 0 bridgehead atoms. The van der Waals surface area contributed by atoms with Crippen molar-refractivity contribution >= 4 is 17.3 Å². The molecule has 0 saturated carbocycles. The summed E-state index contributed by atoms with van der Waals surface area (Å²) in [6, 6.07) is 10.8. The van der Waals surface area contributed by atoms with Crippen LogP contribution >= 0.6 is 0 Å². The largest absolute Gasteiger partial charge is 0.492 e. The topological polar surface area (TPSA) is 61.8 Å². The van der Waals surface area contributed by atoms with Crippen molar-refractivity contribution in [1.29, 1.82) is 0 Å². The van der Waals surface area contributed by atoms with Crippen LogP contribution in [0, 0.1) is 5.82 Å². The molecule has 0 spiro atoms. The number of nitrogens with zero attached hydrogens (tertiary/aromatic N) is 1. The third-order valence-corrected chi connectivity index (χ3v) is 3.15. The van der Waals surface area contributed by atoms with Crippen LogP contribution in [0.1, 0.15) is 10.4 Å². The second kappa shape index (κ2) is 7.60. The van der Waals surface area contributed by atoms with E-state index in [1.165, 1.54) is 12.1 Å². The van der Waals surface area contributed by atoms with E-state index in [-0.39, 0.29) is 5.56 Å². The minimum absolute atomic E-state index is 0.115. The van der Waals surface area contributed by atoms with E-state index in [1.54, 1.807) is 24.3 Å². The Bertz CT molecular complexity index is 672. The van der Waals surface area contributed by atoms with Gasteiger partial charge in [-0.2, -0.15) is 0 Å². The molecule has 0 aliphatic rings. The molecule has 2 aromatic carbocycles. The molecule has 0 amide bonds. The molecule has 23 heavy (non-hydrogen) atoms. The highest BCUT2D eigenvalue weighted by molar-refractivity contribution is 5.95. The first-order valence-corrected chi connectivity index (χ1v) is 7.13. The molecule has 2 N–H and O–H groups in total. The predicted molar refractivity (Wildman–Crippen MR) is 87.1 cm³/mol. The number of anilines is 2. The number of carbonyl (C=O) groups is 1. The number of likely N-dealkylation sites (N-methyl/N-ethyl adjacent to an activating group) is 1. The van der Waals surface area contributed by atoms with Gasteiger partial charge in [-0.1, -0.05) is 0 Å². The summed E-state index contributed by atoms with van der Waals surface area (Å²) in [5, 5.41) is 12.1. The fourth-order valence-electron chi connectivity index (χ4n) is 1.94. The van der Waals surface area contributed by atoms with E-state index in [9.17, 15) is 9.18 Å². The van der Waals surface area contributed by atoms with Crippen LogP contribution in [0.3, 0.4) is 0 Å². The molecule has 0 aliphatic carbocycles. The molecular weight excluding hydrogens is 299 g/mol. The predicted octanol–water partition coefficient (Wildman–Crippen LogP) is 3.21. The second-order valence-electron chi connectivity index (χ2n) is 5.30. The van der Waals surface area contributed by atoms with Gasteiger partial charge in [0, 0.05) is 12.2 Å². The Kier molecular flexibility index (Phi) is 5.54. The molecule has 2 aromatic rings. The monoisotopic (exact) mass is 318 g/mol. The van der Waals surface area contributed by atoms with Gasteiger partial charge in [0.1, 0.15) is 18.2 Å². The van der Waals surface area contributed by atoms with E-state index in [2.05, 4.69) is 5.32 Å². The number of halogens is 1. The summed E-state index contributed by atoms with van der Waals surface area (Å²) in [4.78, 5) is 13.2. The van der Waals surface area contributed by atoms with Crippen LogP contribution in [0.4, 0.5) is 15.8 Å². The lowest BCUT2D eigenvalue weighted by atomic mass is 10.1. The van der Waals surface area contributed by atoms with E-state index in [0.717, 1.165) is 18.4 Å². The van der Waals surface area contributed by atoms with Crippen molar-refractivity contribution in [3.05, 3.63) is 53.8 Å². The van der Waals surface area contributed by atoms with Gasteiger partial charge in [0.15, 0.2) is 0 Å². The fourth-order valence-corrected chi connectivity index (χ4v) is 1.94. The quantitative estimate of drug-likeness (QED) is 0.821. The minimum atomic E-state index is -1.18. The van der Waals surface area contributed by atoms with Crippen molar-refractivity contribution in [2.45, 2.75) is 0 Å². The number of hydrogen-bond donors (Lipinski definition) is 2. The third-order valence-electron chi connectivity index (χ3n) is 3.15. The van der Waals surface area contributed by atoms with E-state index in [4.69, 9.17) is 9.84 Å². The highest BCUT2D eigenvalue weighted by Crippen LogP contribution is 2.24. The highest BCUT2D eigenvalue weighted by atomic mass is 19.1. The molecule has 2 rings (SSSR count). The normalized spacial score (nSPS) is 10.6. The van der Waals surface area contributed by atoms with Crippen LogP contribution in [-0.4, -0.2) is 43.2 Å². The number of carboxylic acid groups (broad SMARTS) is 1. The Hall–Kier alpha value is -2.60. The van der Waals surface area contributed by atoms with Crippen LogP contribution in [0.5, 0.6) is 5.75 Å². The third kappa shape index (κ3) is 4.96. The molecule has 0 heterocycles. The van der Waals surface area contributed by atoms with E-state index < -0.39 is 11.8 Å². The molecule has 0 radical (unpaired) electrons. The maximum atomic E-state index is 13.2. The van der Waals surface area contributed by atoms with Gasteiger partial charge >= 0.3 is 5.97 Å². The Morgan fingerprint density at radius 1 is 1.22 bits per heavy atom. The van der Waals surface area contributed by atoms with Crippen molar-refractivity contribution in [3.63, 3.8) is 0 Å². The van der Waals surface area contributed by atoms with Crippen molar-refractivity contribution < 1.29 is 19.0 Å². The molecule has 0 saturated heterocycles. The summed E-state index contributed by atoms with van der Waals surface area (Å²) < 4.78 is 18.7. The molecule has 0 atom stereocenters. The number of benzene rings is 2. The van der Waals surface area contributed by atoms with E-state index in [1.807, 2.05) is 19.0 Å². The molecule has 0 fully saturated rings. The zero-order chi connectivity index (χ0) is 16.8. The summed E-state index contributed by atoms with van der Waals surface area (Å²) in [6.07, 6.45) is 0. The summed E-state index contributed by atoms with van der Waals surface area (Å²) in [5.74, 6) is -1.04. The number of carboxylic acids is 1. The summed E-state index contributed by atoms with van der Waals surface area (Å²) in [5.41, 5.74) is 0.913. The second-order valence-corrected chi connectivity index (χ2v) is 5.30. The maximum absolute atomic E-state index is 13.2. The molecule has 0 unspecified atom stereocenters. The lowest BCUT2D eigenvalue weighted by Crippen LogP contribution is -2.19. The van der Waals surface area contributed by atoms with Gasteiger partial charge in [-0.3, -0.25) is 0 Å². The first-order valence-electron chi connectivity index (χ1n) is 7.13. The highest BCUT2D eigenvalue weighted by Gasteiger charge is 2.11. The molecule has 5 nitrogen and oxygen atoms in total. The van der Waals surface area contributed by atoms with Gasteiger partial charge in [-0.15, -0.1) is 0 Å². The lowest BCUT2D eigenvalue weighted by Gasteiger charge is -2.12. The number of rotatable bonds is 7. The first kappa shape index (κ1) is 16.8. The van der Waals surface area contributed by atoms with Gasteiger partial charge in [-0.05, 0) is 56.6 Å². The van der Waals surface area contributed by atoms with Gasteiger partial charge < -0.3 is 20.1 Å². The Morgan fingerprint density at radius 2 is 1.91 bits per heavy atom. The molecule has 0 aromatic heterocycles. The molecule has 6 heteroatoms. The van der Waals surface area contributed by atoms with Crippen LogP contribution in [0.15, 0.2) is 42.5 Å². The fraction of sp³-hybridized carbons (Fsp3) is 0.235. The zero-order valence-corrected chi connectivity index (χ0v) is 13.0. The minimum Gasteiger partial charge on any atom is -0.492 e. The Morgan fingerprint density at radius 3 is 2.52 bits per heavy atom. The average Bonchev–Trinajstić information content (AvgIpc) is 2.50. The number of aromatic carboxylic acids is 1. The van der Waals surface area contributed by atoms with Gasteiger partial charge in [0.2, 0.25) is 0 Å². The smallest absolute Gasteiger partial charge is 0.337 e. The van der Waals surface area contributed by atoms with Gasteiger partial charge in [-0.25, -0.2) is 9.18 Å². The molecule has 0 aliphatic heterocycles. The van der Waals surface area contributed by atoms with Crippen molar-refractivity contribution in [3.8, 4) is 5.75 Å². The summed E-state index contributed by atoms with van der Waals surface area (Å²) >= 11 is 0. The molecule has 122 valence electrons. The van der Waals surface area contributed by atoms with Crippen molar-refractivity contribution in [2.24, 2.45) is 0 Å². The van der Waals surface area contributed by atoms with Crippen molar-refractivity contribution in [2.75, 3.05) is 32.6 Å². The summed E-state index contributed by atoms with van der Waals surface area (Å²) in [6.45, 7) is 1.40. The van der Waals surface area contributed by atoms with Crippen LogP contribution in [0.2, 0.25) is 0 Å². The average molecular weight is 318 g/mol. The Labute approximate surface area is 134 Å². The molecular formula is C17H19FN2O3. The maximum Gasteiger partial charge on any atom is 0.337 e. The SMILES string of the molecule is CN(C)CCOc1ccc(Nc2ccc(F)cc2C(=O)O)cc1. The number of ether oxygens (including phenoxy) is 1. The van der Waals surface area contributed by atoms with Gasteiger partial charge in [0.25, 0.3) is 0 Å². The van der Waals surface area contributed by atoms with Gasteiger partial charge in [0.05, 0.1) is 11.3 Å². The number of hydrogen-bond acceptors (Lipinski definition) is 4. The first-order chi connectivity index (χ1) is 11.0. The van der Waals surface area contributed by atoms with Crippen LogP contribution in [0.25, 0.3) is 0 Å². The zero-order valence-electron chi connectivity index (χ0n) is 13.0. The van der Waals surface area contributed by atoms with Crippen LogP contribution in [-0.2, 0) is 0 Å². The summed E-state index contributed by atoms with van der Waals surface area (Å²) in [7, 11) is 3.94. The van der Waals surface area contributed by atoms with Crippen molar-refractivity contribution in [1.82, 2.24) is 4.90 Å². The van der Waals surface area contributed by atoms with E-state index >= 15 is 0 Å².